The van der Waals surface area contributed by atoms with Gasteiger partial charge < -0.3 is 14.5 Å². The highest BCUT2D eigenvalue weighted by Crippen LogP contribution is 2.25. The number of carbonyl (C=O) groups is 2. The Labute approximate surface area is 153 Å². The zero-order valence-electron chi connectivity index (χ0n) is 14.2. The first kappa shape index (κ1) is 18.3. The molecule has 0 fully saturated rings. The standard InChI is InChI=1S/C20H15F2NO4/c1-12(19(24)23-17-11-14(21)7-8-16(17)22)27-20(25)18-15(9-10-26-18)13-5-3-2-4-6-13/h2-12H,1H3,(H,23,24). The highest BCUT2D eigenvalue weighted by molar-refractivity contribution is 5.99. The molecule has 0 aliphatic rings. The Morgan fingerprint density at radius 3 is 2.56 bits per heavy atom. The van der Waals surface area contributed by atoms with E-state index in [4.69, 9.17) is 9.15 Å². The van der Waals surface area contributed by atoms with E-state index in [1.807, 2.05) is 6.07 Å². The molecule has 1 amide bonds. The van der Waals surface area contributed by atoms with Crippen LogP contribution in [-0.4, -0.2) is 18.0 Å². The second kappa shape index (κ2) is 7.82. The van der Waals surface area contributed by atoms with E-state index >= 15 is 0 Å². The Balaban J connectivity index is 1.70. The molecule has 0 bridgehead atoms. The molecule has 1 aromatic heterocycles. The molecule has 3 aromatic rings. The number of carbonyl (C=O) groups excluding carboxylic acids is 2. The first-order chi connectivity index (χ1) is 13.0. The minimum Gasteiger partial charge on any atom is -0.457 e. The zero-order valence-corrected chi connectivity index (χ0v) is 14.2. The highest BCUT2D eigenvalue weighted by atomic mass is 19.1. The number of amides is 1. The smallest absolute Gasteiger partial charge is 0.375 e. The van der Waals surface area contributed by atoms with Gasteiger partial charge in [0.2, 0.25) is 5.76 Å². The van der Waals surface area contributed by atoms with Gasteiger partial charge in [0.05, 0.1) is 12.0 Å². The molecule has 5 nitrogen and oxygen atoms in total. The number of hydrogen-bond donors (Lipinski definition) is 1. The second-order valence-electron chi connectivity index (χ2n) is 5.69. The minimum atomic E-state index is -1.26. The summed E-state index contributed by atoms with van der Waals surface area (Å²) in [5.41, 5.74) is 0.924. The molecular weight excluding hydrogens is 356 g/mol. The van der Waals surface area contributed by atoms with Crippen LogP contribution in [0.25, 0.3) is 11.1 Å². The fraction of sp³-hybridized carbons (Fsp3) is 0.100. The quantitative estimate of drug-likeness (QED) is 0.675. The van der Waals surface area contributed by atoms with E-state index in [0.717, 1.165) is 23.8 Å². The summed E-state index contributed by atoms with van der Waals surface area (Å²) in [5.74, 6) is -3.22. The van der Waals surface area contributed by atoms with Crippen LogP contribution in [-0.2, 0) is 9.53 Å². The summed E-state index contributed by atoms with van der Waals surface area (Å²) >= 11 is 0. The lowest BCUT2D eigenvalue weighted by Gasteiger charge is -2.13. The van der Waals surface area contributed by atoms with Crippen molar-refractivity contribution in [3.63, 3.8) is 0 Å². The number of hydrogen-bond acceptors (Lipinski definition) is 4. The van der Waals surface area contributed by atoms with E-state index in [2.05, 4.69) is 5.32 Å². The van der Waals surface area contributed by atoms with Crippen molar-refractivity contribution in [2.24, 2.45) is 0 Å². The van der Waals surface area contributed by atoms with Crippen LogP contribution >= 0.6 is 0 Å². The van der Waals surface area contributed by atoms with Crippen molar-refractivity contribution < 1.29 is 27.5 Å². The number of rotatable bonds is 5. The fourth-order valence-electron chi connectivity index (χ4n) is 2.41. The SMILES string of the molecule is CC(OC(=O)c1occc1-c1ccccc1)C(=O)Nc1cc(F)ccc1F. The van der Waals surface area contributed by atoms with Crippen LogP contribution in [0.1, 0.15) is 17.5 Å². The van der Waals surface area contributed by atoms with E-state index in [1.165, 1.54) is 13.2 Å². The third-order valence-corrected chi connectivity index (χ3v) is 3.77. The van der Waals surface area contributed by atoms with Crippen molar-refractivity contribution >= 4 is 17.6 Å². The summed E-state index contributed by atoms with van der Waals surface area (Å²) < 4.78 is 37.1. The molecule has 0 spiro atoms. The van der Waals surface area contributed by atoms with Crippen LogP contribution in [0.2, 0.25) is 0 Å². The maximum Gasteiger partial charge on any atom is 0.375 e. The fourth-order valence-corrected chi connectivity index (χ4v) is 2.41. The van der Waals surface area contributed by atoms with Gasteiger partial charge in [-0.3, -0.25) is 4.79 Å². The highest BCUT2D eigenvalue weighted by Gasteiger charge is 2.24. The predicted molar refractivity (Wildman–Crippen MR) is 94.0 cm³/mol. The van der Waals surface area contributed by atoms with Crippen molar-refractivity contribution in [1.82, 2.24) is 0 Å². The largest absolute Gasteiger partial charge is 0.457 e. The molecule has 1 unspecified atom stereocenters. The predicted octanol–water partition coefficient (Wildman–Crippen LogP) is 4.41. The average Bonchev–Trinajstić information content (AvgIpc) is 3.15. The van der Waals surface area contributed by atoms with Gasteiger partial charge in [0.15, 0.2) is 6.10 Å². The zero-order chi connectivity index (χ0) is 19.4. The van der Waals surface area contributed by atoms with Crippen molar-refractivity contribution in [2.75, 3.05) is 5.32 Å². The molecule has 27 heavy (non-hydrogen) atoms. The Morgan fingerprint density at radius 2 is 1.81 bits per heavy atom. The summed E-state index contributed by atoms with van der Waals surface area (Å²) in [6.45, 7) is 1.32. The minimum absolute atomic E-state index is 0.0576. The molecule has 7 heteroatoms. The lowest BCUT2D eigenvalue weighted by molar-refractivity contribution is -0.123. The molecule has 1 atom stereocenters. The maximum absolute atomic E-state index is 13.6. The number of nitrogens with one attached hydrogen (secondary N) is 1. The molecule has 0 aliphatic heterocycles. The normalized spacial score (nSPS) is 11.7. The van der Waals surface area contributed by atoms with Crippen LogP contribution < -0.4 is 5.32 Å². The summed E-state index contributed by atoms with van der Waals surface area (Å²) in [6.07, 6.45) is 0.0834. The topological polar surface area (TPSA) is 68.5 Å². The first-order valence-corrected chi connectivity index (χ1v) is 8.05. The van der Waals surface area contributed by atoms with Gasteiger partial charge in [0, 0.05) is 11.6 Å². The number of benzene rings is 2. The van der Waals surface area contributed by atoms with Crippen LogP contribution in [0.15, 0.2) is 65.3 Å². The molecule has 0 radical (unpaired) electrons. The first-order valence-electron chi connectivity index (χ1n) is 8.05. The van der Waals surface area contributed by atoms with Crippen molar-refractivity contribution in [3.05, 3.63) is 78.3 Å². The van der Waals surface area contributed by atoms with Gasteiger partial charge in [-0.15, -0.1) is 0 Å². The summed E-state index contributed by atoms with van der Waals surface area (Å²) in [4.78, 5) is 24.5. The number of anilines is 1. The number of halogens is 2. The van der Waals surface area contributed by atoms with Crippen molar-refractivity contribution in [2.45, 2.75) is 13.0 Å². The molecule has 138 valence electrons. The third-order valence-electron chi connectivity index (χ3n) is 3.77. The number of esters is 1. The van der Waals surface area contributed by atoms with E-state index in [0.29, 0.717) is 5.56 Å². The van der Waals surface area contributed by atoms with Gasteiger partial charge in [-0.2, -0.15) is 0 Å². The van der Waals surface area contributed by atoms with Gasteiger partial charge in [-0.25, -0.2) is 13.6 Å². The Hall–Kier alpha value is -3.48. The molecule has 1 heterocycles. The molecule has 2 aromatic carbocycles. The number of ether oxygens (including phenoxy) is 1. The molecule has 0 saturated carbocycles. The Bertz CT molecular complexity index is 969. The number of furan rings is 1. The van der Waals surface area contributed by atoms with E-state index < -0.39 is 29.6 Å². The van der Waals surface area contributed by atoms with Crippen LogP contribution in [0.3, 0.4) is 0 Å². The van der Waals surface area contributed by atoms with Crippen molar-refractivity contribution in [1.29, 1.82) is 0 Å². The Kier molecular flexibility index (Phi) is 5.30. The molecule has 0 saturated heterocycles. The Morgan fingerprint density at radius 1 is 1.07 bits per heavy atom. The van der Waals surface area contributed by atoms with Crippen LogP contribution in [0.4, 0.5) is 14.5 Å². The van der Waals surface area contributed by atoms with Crippen LogP contribution in [0, 0.1) is 11.6 Å². The summed E-state index contributed by atoms with van der Waals surface area (Å²) in [5, 5.41) is 2.19. The van der Waals surface area contributed by atoms with Crippen LogP contribution in [0.5, 0.6) is 0 Å². The van der Waals surface area contributed by atoms with Gasteiger partial charge in [0.1, 0.15) is 11.6 Å². The third kappa shape index (κ3) is 4.20. The van der Waals surface area contributed by atoms with Gasteiger partial charge in [0.25, 0.3) is 5.91 Å². The van der Waals surface area contributed by atoms with Crippen molar-refractivity contribution in [3.8, 4) is 11.1 Å². The van der Waals surface area contributed by atoms with E-state index in [1.54, 1.807) is 30.3 Å². The van der Waals surface area contributed by atoms with E-state index in [-0.39, 0.29) is 11.4 Å². The van der Waals surface area contributed by atoms with Gasteiger partial charge in [-0.1, -0.05) is 30.3 Å². The average molecular weight is 371 g/mol. The molecule has 0 aliphatic carbocycles. The lowest BCUT2D eigenvalue weighted by Crippen LogP contribution is -2.30. The lowest BCUT2D eigenvalue weighted by atomic mass is 10.1. The maximum atomic E-state index is 13.6. The second-order valence-corrected chi connectivity index (χ2v) is 5.69. The molecule has 1 N–H and O–H groups in total. The summed E-state index contributed by atoms with van der Waals surface area (Å²) in [6, 6.07) is 13.3. The molecule has 3 rings (SSSR count). The summed E-state index contributed by atoms with van der Waals surface area (Å²) in [7, 11) is 0. The molecular formula is C20H15F2NO4. The van der Waals surface area contributed by atoms with Gasteiger partial charge >= 0.3 is 5.97 Å². The van der Waals surface area contributed by atoms with Gasteiger partial charge in [-0.05, 0) is 30.7 Å². The monoisotopic (exact) mass is 371 g/mol. The van der Waals surface area contributed by atoms with E-state index in [9.17, 15) is 18.4 Å².